The van der Waals surface area contributed by atoms with Crippen LogP contribution in [0.3, 0.4) is 0 Å². The van der Waals surface area contributed by atoms with Crippen LogP contribution in [-0.4, -0.2) is 43.8 Å². The van der Waals surface area contributed by atoms with Crippen LogP contribution in [0.25, 0.3) is 0 Å². The lowest BCUT2D eigenvalue weighted by molar-refractivity contribution is -0.140. The molecule has 1 N–H and O–H groups in total. The van der Waals surface area contributed by atoms with Gasteiger partial charge in [0, 0.05) is 32.7 Å². The molecule has 0 spiro atoms. The maximum Gasteiger partial charge on any atom is 0.264 e. The van der Waals surface area contributed by atoms with E-state index < -0.39 is 28.5 Å². The maximum absolute atomic E-state index is 14.3. The fourth-order valence-corrected chi connectivity index (χ4v) is 7.49. The van der Waals surface area contributed by atoms with E-state index in [1.165, 1.54) is 17.0 Å². The van der Waals surface area contributed by atoms with Gasteiger partial charge in [-0.3, -0.25) is 13.9 Å². The first-order chi connectivity index (χ1) is 20.5. The maximum atomic E-state index is 14.3. The molecule has 1 aliphatic carbocycles. The van der Waals surface area contributed by atoms with Gasteiger partial charge in [0.2, 0.25) is 11.8 Å². The van der Waals surface area contributed by atoms with Crippen molar-refractivity contribution in [1.82, 2.24) is 10.2 Å². The lowest BCUT2D eigenvalue weighted by atomic mass is 9.95. The zero-order valence-corrected chi connectivity index (χ0v) is 28.1. The molecule has 0 bridgehead atoms. The van der Waals surface area contributed by atoms with E-state index in [1.807, 2.05) is 13.8 Å². The van der Waals surface area contributed by atoms with Gasteiger partial charge in [-0.2, -0.15) is 0 Å². The van der Waals surface area contributed by atoms with Crippen molar-refractivity contribution < 1.29 is 18.0 Å². The van der Waals surface area contributed by atoms with Crippen LogP contribution in [0.15, 0.2) is 76.1 Å². The molecule has 1 saturated carbocycles. The molecule has 0 aliphatic heterocycles. The van der Waals surface area contributed by atoms with Crippen molar-refractivity contribution in [1.29, 1.82) is 0 Å². The smallest absolute Gasteiger partial charge is 0.264 e. The molecule has 11 heteroatoms. The predicted octanol–water partition coefficient (Wildman–Crippen LogP) is 7.52. The highest BCUT2D eigenvalue weighted by Gasteiger charge is 2.35. The van der Waals surface area contributed by atoms with Gasteiger partial charge in [0.1, 0.15) is 12.6 Å². The van der Waals surface area contributed by atoms with E-state index in [0.717, 1.165) is 46.4 Å². The van der Waals surface area contributed by atoms with E-state index in [-0.39, 0.29) is 23.4 Å². The van der Waals surface area contributed by atoms with Gasteiger partial charge in [0.05, 0.1) is 10.6 Å². The largest absolute Gasteiger partial charge is 0.352 e. The number of amides is 2. The number of hydrogen-bond donors (Lipinski definition) is 1. The molecule has 1 atom stereocenters. The Morgan fingerprint density at radius 3 is 2.14 bits per heavy atom. The Balaban J connectivity index is 1.73. The molecular formula is C32H36BrCl2N3O4S. The summed E-state index contributed by atoms with van der Waals surface area (Å²) in [6.07, 6.45) is 5.31. The normalized spacial score (nSPS) is 14.6. The van der Waals surface area contributed by atoms with E-state index in [4.69, 9.17) is 23.2 Å². The number of halogens is 3. The summed E-state index contributed by atoms with van der Waals surface area (Å²) in [7, 11) is -4.16. The highest BCUT2D eigenvalue weighted by Crippen LogP contribution is 2.29. The molecule has 3 aromatic rings. The number of hydrogen-bond acceptors (Lipinski definition) is 4. The lowest BCUT2D eigenvalue weighted by Crippen LogP contribution is -2.54. The molecule has 230 valence electrons. The number of carbonyl (C=O) groups is 2. The second-order valence-corrected chi connectivity index (χ2v) is 14.4. The van der Waals surface area contributed by atoms with Gasteiger partial charge >= 0.3 is 0 Å². The first kappa shape index (κ1) is 33.3. The van der Waals surface area contributed by atoms with Crippen LogP contribution >= 0.6 is 39.1 Å². The van der Waals surface area contributed by atoms with Crippen LogP contribution in [0.4, 0.5) is 5.69 Å². The summed E-state index contributed by atoms with van der Waals surface area (Å²) in [5.74, 6) is -0.831. The molecule has 1 fully saturated rings. The van der Waals surface area contributed by atoms with Gasteiger partial charge in [-0.15, -0.1) is 0 Å². The third-order valence-electron chi connectivity index (χ3n) is 7.73. The highest BCUT2D eigenvalue weighted by atomic mass is 79.9. The summed E-state index contributed by atoms with van der Waals surface area (Å²) in [6.45, 7) is 3.10. The minimum absolute atomic E-state index is 0.0392. The van der Waals surface area contributed by atoms with Crippen molar-refractivity contribution in [2.45, 2.75) is 75.9 Å². The average molecular weight is 710 g/mol. The Morgan fingerprint density at radius 2 is 1.56 bits per heavy atom. The molecule has 43 heavy (non-hydrogen) atoms. The first-order valence-electron chi connectivity index (χ1n) is 14.4. The van der Waals surface area contributed by atoms with Crippen LogP contribution in [-0.2, 0) is 26.2 Å². The number of aryl methyl sites for hydroxylation is 1. The zero-order valence-electron chi connectivity index (χ0n) is 24.2. The Labute approximate surface area is 272 Å². The van der Waals surface area contributed by atoms with Crippen LogP contribution in [0.5, 0.6) is 0 Å². The molecule has 3 aromatic carbocycles. The van der Waals surface area contributed by atoms with Crippen molar-refractivity contribution in [3.8, 4) is 0 Å². The highest BCUT2D eigenvalue weighted by molar-refractivity contribution is 9.10. The summed E-state index contributed by atoms with van der Waals surface area (Å²) >= 11 is 16.4. The Morgan fingerprint density at radius 1 is 0.953 bits per heavy atom. The van der Waals surface area contributed by atoms with E-state index in [1.54, 1.807) is 54.6 Å². The van der Waals surface area contributed by atoms with Gasteiger partial charge in [0.25, 0.3) is 10.0 Å². The van der Waals surface area contributed by atoms with Crippen LogP contribution in [0.2, 0.25) is 10.0 Å². The molecule has 0 aromatic heterocycles. The predicted molar refractivity (Wildman–Crippen MR) is 176 cm³/mol. The van der Waals surface area contributed by atoms with Crippen LogP contribution < -0.4 is 9.62 Å². The van der Waals surface area contributed by atoms with Gasteiger partial charge < -0.3 is 10.2 Å². The topological polar surface area (TPSA) is 86.8 Å². The summed E-state index contributed by atoms with van der Waals surface area (Å²) in [6, 6.07) is 17.4. The number of rotatable bonds is 11. The fourth-order valence-electron chi connectivity index (χ4n) is 5.29. The minimum atomic E-state index is -4.16. The minimum Gasteiger partial charge on any atom is -0.352 e. The summed E-state index contributed by atoms with van der Waals surface area (Å²) in [5, 5.41) is 3.84. The number of anilines is 1. The Bertz CT molecular complexity index is 1510. The third-order valence-corrected chi connectivity index (χ3v) is 10.8. The summed E-state index contributed by atoms with van der Waals surface area (Å²) in [4.78, 5) is 29.4. The molecule has 4 rings (SSSR count). The van der Waals surface area contributed by atoms with E-state index in [2.05, 4.69) is 21.2 Å². The van der Waals surface area contributed by atoms with Gasteiger partial charge in [-0.25, -0.2) is 8.42 Å². The standard InChI is InChI=1S/C32H36BrCl2N3O4S/c1-3-30(32(40)36-24-8-5-4-6-9-24)37(20-27-28(34)10-7-11-29(27)35)31(39)21-38(25-16-14-23(33)15-17-25)43(41,42)26-18-12-22(2)13-19-26/h7,10-19,24,30H,3-6,8-9,20-21H2,1-2H3,(H,36,40). The fraction of sp³-hybridized carbons (Fsp3) is 0.375. The monoisotopic (exact) mass is 707 g/mol. The van der Waals surface area contributed by atoms with Crippen molar-refractivity contribution in [2.24, 2.45) is 0 Å². The molecule has 7 nitrogen and oxygen atoms in total. The van der Waals surface area contributed by atoms with Crippen molar-refractivity contribution in [2.75, 3.05) is 10.8 Å². The molecule has 0 radical (unpaired) electrons. The average Bonchev–Trinajstić information content (AvgIpc) is 2.98. The van der Waals surface area contributed by atoms with E-state index in [0.29, 0.717) is 27.7 Å². The lowest BCUT2D eigenvalue weighted by Gasteiger charge is -2.34. The molecule has 1 unspecified atom stereocenters. The second-order valence-electron chi connectivity index (χ2n) is 10.8. The SMILES string of the molecule is CCC(C(=O)NC1CCCCC1)N(Cc1c(Cl)cccc1Cl)C(=O)CN(c1ccc(Br)cc1)S(=O)(=O)c1ccc(C)cc1. The molecule has 0 saturated heterocycles. The van der Waals surface area contributed by atoms with E-state index in [9.17, 15) is 18.0 Å². The summed E-state index contributed by atoms with van der Waals surface area (Å²) < 4.78 is 29.9. The van der Waals surface area contributed by atoms with Crippen molar-refractivity contribution in [3.63, 3.8) is 0 Å². The van der Waals surface area contributed by atoms with Crippen LogP contribution in [0.1, 0.15) is 56.6 Å². The van der Waals surface area contributed by atoms with Gasteiger partial charge in [0.15, 0.2) is 0 Å². The zero-order chi connectivity index (χ0) is 31.1. The van der Waals surface area contributed by atoms with Crippen molar-refractivity contribution in [3.05, 3.63) is 92.4 Å². The van der Waals surface area contributed by atoms with Crippen molar-refractivity contribution >= 4 is 66.7 Å². The Kier molecular flexibility index (Phi) is 11.6. The molecular weight excluding hydrogens is 673 g/mol. The van der Waals surface area contributed by atoms with E-state index >= 15 is 0 Å². The second kappa shape index (κ2) is 14.9. The number of benzene rings is 3. The quantitative estimate of drug-likeness (QED) is 0.223. The molecule has 2 amide bonds. The van der Waals surface area contributed by atoms with Crippen LogP contribution in [0, 0.1) is 6.92 Å². The number of sulfonamides is 1. The number of nitrogens with zero attached hydrogens (tertiary/aromatic N) is 2. The Hall–Kier alpha value is -2.59. The van der Waals surface area contributed by atoms with Gasteiger partial charge in [-0.1, -0.05) is 89.1 Å². The number of nitrogens with one attached hydrogen (secondary N) is 1. The number of carbonyl (C=O) groups excluding carboxylic acids is 2. The first-order valence-corrected chi connectivity index (χ1v) is 17.4. The summed E-state index contributed by atoms with van der Waals surface area (Å²) in [5.41, 5.74) is 1.70. The van der Waals surface area contributed by atoms with Gasteiger partial charge in [-0.05, 0) is 74.7 Å². The molecule has 0 heterocycles. The third kappa shape index (κ3) is 8.32. The molecule has 1 aliphatic rings.